The second-order valence-electron chi connectivity index (χ2n) is 4.24. The van der Waals surface area contributed by atoms with E-state index in [9.17, 15) is 4.79 Å². The van der Waals surface area contributed by atoms with Crippen LogP contribution in [0.1, 0.15) is 17.3 Å². The Balaban J connectivity index is 0.00000144. The number of amides is 1. The molecule has 1 aliphatic rings. The molecule has 1 aromatic heterocycles. The maximum absolute atomic E-state index is 12.1. The Labute approximate surface area is 115 Å². The maximum Gasteiger partial charge on any atom is 0.255 e. The van der Waals surface area contributed by atoms with Gasteiger partial charge in [-0.2, -0.15) is 0 Å². The van der Waals surface area contributed by atoms with E-state index in [1.165, 1.54) is 0 Å². The Morgan fingerprint density at radius 1 is 1.53 bits per heavy atom. The van der Waals surface area contributed by atoms with E-state index in [0.717, 1.165) is 11.0 Å². The van der Waals surface area contributed by atoms with E-state index in [0.29, 0.717) is 18.0 Å². The molecule has 94 valence electrons. The van der Waals surface area contributed by atoms with Gasteiger partial charge in [-0.25, -0.2) is 0 Å². The van der Waals surface area contributed by atoms with Crippen molar-refractivity contribution in [2.75, 3.05) is 13.1 Å². The first kappa shape index (κ1) is 14.4. The lowest BCUT2D eigenvalue weighted by Gasteiger charge is -2.15. The van der Waals surface area contributed by atoms with Gasteiger partial charge < -0.3 is 10.6 Å². The number of halogens is 2. The van der Waals surface area contributed by atoms with Crippen LogP contribution in [0.15, 0.2) is 22.9 Å². The first-order chi connectivity index (χ1) is 7.58. The van der Waals surface area contributed by atoms with Gasteiger partial charge in [0.05, 0.1) is 5.56 Å². The van der Waals surface area contributed by atoms with E-state index in [-0.39, 0.29) is 24.4 Å². The van der Waals surface area contributed by atoms with Crippen LogP contribution in [-0.4, -0.2) is 34.9 Å². The highest BCUT2D eigenvalue weighted by molar-refractivity contribution is 9.10. The monoisotopic (exact) mass is 319 g/mol. The lowest BCUT2D eigenvalue weighted by atomic mass is 10.1. The standard InChI is InChI=1S/C11H14BrN3O.ClH/c1-7-5-15(6-10(7)13)11(16)8-2-9(12)4-14-3-8;/h2-4,7,10H,5-6,13H2,1H3;1H. The van der Waals surface area contributed by atoms with Crippen LogP contribution >= 0.6 is 28.3 Å². The van der Waals surface area contributed by atoms with Crippen LogP contribution in [0.2, 0.25) is 0 Å². The third-order valence-electron chi connectivity index (χ3n) is 2.91. The van der Waals surface area contributed by atoms with Gasteiger partial charge in [-0.3, -0.25) is 9.78 Å². The Kier molecular flexibility index (Phi) is 4.91. The van der Waals surface area contributed by atoms with E-state index >= 15 is 0 Å². The van der Waals surface area contributed by atoms with Crippen LogP contribution < -0.4 is 5.73 Å². The van der Waals surface area contributed by atoms with Crippen molar-refractivity contribution in [1.29, 1.82) is 0 Å². The van der Waals surface area contributed by atoms with Gasteiger partial charge in [0.15, 0.2) is 0 Å². The summed E-state index contributed by atoms with van der Waals surface area (Å²) in [5, 5.41) is 0. The molecule has 17 heavy (non-hydrogen) atoms. The Hall–Kier alpha value is -0.650. The Morgan fingerprint density at radius 3 is 2.76 bits per heavy atom. The highest BCUT2D eigenvalue weighted by Gasteiger charge is 2.30. The molecule has 1 aromatic rings. The second-order valence-corrected chi connectivity index (χ2v) is 5.16. The van der Waals surface area contributed by atoms with Crippen LogP contribution in [-0.2, 0) is 0 Å². The molecule has 0 bridgehead atoms. The molecule has 1 amide bonds. The minimum Gasteiger partial charge on any atom is -0.337 e. The van der Waals surface area contributed by atoms with E-state index in [1.54, 1.807) is 23.4 Å². The highest BCUT2D eigenvalue weighted by atomic mass is 79.9. The van der Waals surface area contributed by atoms with Gasteiger partial charge in [-0.1, -0.05) is 6.92 Å². The van der Waals surface area contributed by atoms with E-state index in [4.69, 9.17) is 5.73 Å². The van der Waals surface area contributed by atoms with E-state index < -0.39 is 0 Å². The van der Waals surface area contributed by atoms with Crippen LogP contribution in [0, 0.1) is 5.92 Å². The average Bonchev–Trinajstić information content (AvgIpc) is 2.58. The van der Waals surface area contributed by atoms with Gasteiger partial charge in [0.25, 0.3) is 5.91 Å². The zero-order chi connectivity index (χ0) is 11.7. The van der Waals surface area contributed by atoms with Crippen molar-refractivity contribution in [3.63, 3.8) is 0 Å². The minimum atomic E-state index is 0. The molecule has 2 unspecified atom stereocenters. The summed E-state index contributed by atoms with van der Waals surface area (Å²) < 4.78 is 0.815. The summed E-state index contributed by atoms with van der Waals surface area (Å²) in [4.78, 5) is 17.9. The smallest absolute Gasteiger partial charge is 0.255 e. The predicted molar refractivity (Wildman–Crippen MR) is 72.2 cm³/mol. The number of nitrogens with zero attached hydrogens (tertiary/aromatic N) is 2. The number of hydrogen-bond donors (Lipinski definition) is 1. The van der Waals surface area contributed by atoms with Crippen molar-refractivity contribution < 1.29 is 4.79 Å². The quantitative estimate of drug-likeness (QED) is 0.856. The third-order valence-corrected chi connectivity index (χ3v) is 3.34. The summed E-state index contributed by atoms with van der Waals surface area (Å²) in [5.74, 6) is 0.373. The fourth-order valence-corrected chi connectivity index (χ4v) is 2.23. The van der Waals surface area contributed by atoms with Crippen molar-refractivity contribution in [2.24, 2.45) is 11.7 Å². The van der Waals surface area contributed by atoms with Crippen LogP contribution in [0.3, 0.4) is 0 Å². The largest absolute Gasteiger partial charge is 0.337 e. The number of pyridine rings is 1. The summed E-state index contributed by atoms with van der Waals surface area (Å²) in [5.41, 5.74) is 6.50. The summed E-state index contributed by atoms with van der Waals surface area (Å²) in [6, 6.07) is 1.87. The zero-order valence-corrected chi connectivity index (χ0v) is 11.9. The summed E-state index contributed by atoms with van der Waals surface area (Å²) in [6.45, 7) is 3.43. The number of carbonyl (C=O) groups excluding carboxylic acids is 1. The molecule has 0 spiro atoms. The number of hydrogen-bond acceptors (Lipinski definition) is 3. The van der Waals surface area contributed by atoms with Gasteiger partial charge in [-0.05, 0) is 27.9 Å². The summed E-state index contributed by atoms with van der Waals surface area (Å²) >= 11 is 3.30. The zero-order valence-electron chi connectivity index (χ0n) is 9.47. The van der Waals surface area contributed by atoms with Crippen molar-refractivity contribution in [2.45, 2.75) is 13.0 Å². The molecule has 0 aromatic carbocycles. The normalized spacial score (nSPS) is 23.4. The van der Waals surface area contributed by atoms with Gasteiger partial charge in [-0.15, -0.1) is 12.4 Å². The molecule has 0 saturated carbocycles. The third kappa shape index (κ3) is 3.18. The number of likely N-dealkylation sites (tertiary alicyclic amines) is 1. The van der Waals surface area contributed by atoms with Crippen LogP contribution in [0.5, 0.6) is 0 Å². The molecule has 1 aliphatic heterocycles. The molecular weight excluding hydrogens is 305 g/mol. The lowest BCUT2D eigenvalue weighted by molar-refractivity contribution is 0.0786. The van der Waals surface area contributed by atoms with Gasteiger partial charge in [0.2, 0.25) is 0 Å². The van der Waals surface area contributed by atoms with Crippen molar-refractivity contribution in [1.82, 2.24) is 9.88 Å². The van der Waals surface area contributed by atoms with Gasteiger partial charge in [0, 0.05) is 36.0 Å². The molecule has 0 radical (unpaired) electrons. The average molecular weight is 321 g/mol. The predicted octanol–water partition coefficient (Wildman–Crippen LogP) is 1.69. The molecule has 2 atom stereocenters. The molecule has 1 fully saturated rings. The molecule has 0 aliphatic carbocycles. The van der Waals surface area contributed by atoms with Gasteiger partial charge in [0.1, 0.15) is 0 Å². The molecule has 6 heteroatoms. The summed E-state index contributed by atoms with van der Waals surface area (Å²) in [7, 11) is 0. The number of carbonyl (C=O) groups is 1. The molecule has 1 saturated heterocycles. The van der Waals surface area contributed by atoms with Crippen LogP contribution in [0.25, 0.3) is 0 Å². The number of aromatic nitrogens is 1. The SMILES string of the molecule is CC1CN(C(=O)c2cncc(Br)c2)CC1N.Cl. The minimum absolute atomic E-state index is 0. The first-order valence-electron chi connectivity index (χ1n) is 5.23. The maximum atomic E-state index is 12.1. The van der Waals surface area contributed by atoms with E-state index in [2.05, 4.69) is 27.8 Å². The molecule has 4 nitrogen and oxygen atoms in total. The second kappa shape index (κ2) is 5.80. The fourth-order valence-electron chi connectivity index (χ4n) is 1.87. The molecule has 2 heterocycles. The first-order valence-corrected chi connectivity index (χ1v) is 6.02. The Bertz CT molecular complexity index is 405. The van der Waals surface area contributed by atoms with E-state index in [1.807, 2.05) is 0 Å². The molecular formula is C11H15BrClN3O. The topological polar surface area (TPSA) is 59.2 Å². The fraction of sp³-hybridized carbons (Fsp3) is 0.455. The van der Waals surface area contributed by atoms with Crippen molar-refractivity contribution in [3.05, 3.63) is 28.5 Å². The number of nitrogens with two attached hydrogens (primary N) is 1. The molecule has 2 N–H and O–H groups in total. The summed E-state index contributed by atoms with van der Waals surface area (Å²) in [6.07, 6.45) is 3.25. The van der Waals surface area contributed by atoms with Gasteiger partial charge >= 0.3 is 0 Å². The number of rotatable bonds is 1. The Morgan fingerprint density at radius 2 is 2.24 bits per heavy atom. The van der Waals surface area contributed by atoms with Crippen LogP contribution in [0.4, 0.5) is 0 Å². The van der Waals surface area contributed by atoms with Crippen molar-refractivity contribution >= 4 is 34.2 Å². The van der Waals surface area contributed by atoms with Crippen molar-refractivity contribution in [3.8, 4) is 0 Å². The molecule has 2 rings (SSSR count). The lowest BCUT2D eigenvalue weighted by Crippen LogP contribution is -2.32. The highest BCUT2D eigenvalue weighted by Crippen LogP contribution is 2.18.